The van der Waals surface area contributed by atoms with E-state index in [2.05, 4.69) is 0 Å². The van der Waals surface area contributed by atoms with Crippen LogP contribution >= 0.6 is 11.8 Å². The maximum absolute atomic E-state index is 13.0. The van der Waals surface area contributed by atoms with Crippen molar-refractivity contribution in [3.8, 4) is 0 Å². The van der Waals surface area contributed by atoms with Gasteiger partial charge in [0.15, 0.2) is 5.60 Å². The number of nitrogens with zero attached hydrogens (tertiary/aromatic N) is 2. The minimum atomic E-state index is -1.39. The number of non-ortho nitro benzene ring substituents is 1. The van der Waals surface area contributed by atoms with Crippen LogP contribution in [0.15, 0.2) is 53.4 Å². The number of amides is 2. The molecule has 1 atom stereocenters. The summed E-state index contributed by atoms with van der Waals surface area (Å²) in [6.45, 7) is 1.50. The van der Waals surface area contributed by atoms with Crippen molar-refractivity contribution in [3.05, 3.63) is 64.5 Å². The molecular weight excluding hydrogens is 363 g/mol. The molecule has 3 rings (SSSR count). The van der Waals surface area contributed by atoms with Crippen LogP contribution in [0, 0.1) is 15.9 Å². The van der Waals surface area contributed by atoms with Crippen LogP contribution in [-0.4, -0.2) is 28.3 Å². The summed E-state index contributed by atoms with van der Waals surface area (Å²) < 4.78 is 18.2. The lowest BCUT2D eigenvalue weighted by atomic mass is 10.1. The predicted octanol–water partition coefficient (Wildman–Crippen LogP) is 3.77. The van der Waals surface area contributed by atoms with Crippen LogP contribution in [0.5, 0.6) is 0 Å². The van der Waals surface area contributed by atoms with Crippen LogP contribution in [0.4, 0.5) is 20.6 Å². The Kier molecular flexibility index (Phi) is 4.64. The summed E-state index contributed by atoms with van der Waals surface area (Å²) in [5, 5.41) is 10.7. The smallest absolute Gasteiger partial charge is 0.422 e. The van der Waals surface area contributed by atoms with Gasteiger partial charge in [0.05, 0.1) is 10.6 Å². The molecule has 0 saturated carbocycles. The van der Waals surface area contributed by atoms with Gasteiger partial charge in [-0.2, -0.15) is 0 Å². The molecule has 1 fully saturated rings. The number of nitro benzene ring substituents is 1. The minimum Gasteiger partial charge on any atom is -0.431 e. The van der Waals surface area contributed by atoms with Crippen molar-refractivity contribution in [1.29, 1.82) is 0 Å². The monoisotopic (exact) mass is 376 g/mol. The summed E-state index contributed by atoms with van der Waals surface area (Å²) in [5.74, 6) is -0.786. The highest BCUT2D eigenvalue weighted by Gasteiger charge is 2.51. The first-order valence-corrected chi connectivity index (χ1v) is 8.49. The third-order valence-electron chi connectivity index (χ3n) is 3.80. The molecule has 0 radical (unpaired) electrons. The molecule has 9 heteroatoms. The Bertz CT molecular complexity index is 872. The lowest BCUT2D eigenvalue weighted by Crippen LogP contribution is -2.40. The molecule has 2 aromatic carbocycles. The molecule has 0 N–H and O–H groups in total. The second-order valence-corrected chi connectivity index (χ2v) is 6.80. The van der Waals surface area contributed by atoms with Crippen LogP contribution in [0.2, 0.25) is 0 Å². The number of benzene rings is 2. The van der Waals surface area contributed by atoms with Crippen molar-refractivity contribution >= 4 is 35.1 Å². The van der Waals surface area contributed by atoms with Gasteiger partial charge in [-0.05, 0) is 43.3 Å². The molecule has 26 heavy (non-hydrogen) atoms. The average Bonchev–Trinajstić information content (AvgIpc) is 2.84. The maximum Gasteiger partial charge on any atom is 0.422 e. The first-order valence-electron chi connectivity index (χ1n) is 7.50. The van der Waals surface area contributed by atoms with E-state index in [0.717, 1.165) is 9.80 Å². The Balaban J connectivity index is 1.76. The fourth-order valence-electron chi connectivity index (χ4n) is 2.39. The van der Waals surface area contributed by atoms with E-state index < -0.39 is 22.5 Å². The number of hydrogen-bond donors (Lipinski definition) is 0. The highest BCUT2D eigenvalue weighted by molar-refractivity contribution is 7.99. The number of carbonyl (C=O) groups is 2. The minimum absolute atomic E-state index is 0.146. The van der Waals surface area contributed by atoms with Crippen molar-refractivity contribution in [2.24, 2.45) is 0 Å². The average molecular weight is 376 g/mol. The quantitative estimate of drug-likeness (QED) is 0.448. The molecule has 1 aliphatic heterocycles. The van der Waals surface area contributed by atoms with Crippen LogP contribution in [-0.2, 0) is 9.53 Å². The first kappa shape index (κ1) is 17.9. The van der Waals surface area contributed by atoms with Gasteiger partial charge >= 0.3 is 6.09 Å². The topological polar surface area (TPSA) is 89.8 Å². The van der Waals surface area contributed by atoms with E-state index in [0.29, 0.717) is 0 Å². The van der Waals surface area contributed by atoms with Gasteiger partial charge < -0.3 is 4.74 Å². The van der Waals surface area contributed by atoms with E-state index >= 15 is 0 Å². The van der Waals surface area contributed by atoms with Crippen molar-refractivity contribution in [3.63, 3.8) is 0 Å². The van der Waals surface area contributed by atoms with Crippen molar-refractivity contribution < 1.29 is 23.6 Å². The lowest BCUT2D eigenvalue weighted by molar-refractivity contribution is -0.384. The summed E-state index contributed by atoms with van der Waals surface area (Å²) in [6, 6.07) is 10.8. The van der Waals surface area contributed by atoms with Crippen LogP contribution in [0.25, 0.3) is 0 Å². The Labute approximate surface area is 151 Å². The van der Waals surface area contributed by atoms with E-state index in [1.807, 2.05) is 0 Å². The fourth-order valence-corrected chi connectivity index (χ4v) is 3.34. The van der Waals surface area contributed by atoms with Gasteiger partial charge in [0.25, 0.3) is 11.6 Å². The Morgan fingerprint density at radius 2 is 1.77 bits per heavy atom. The number of rotatable bonds is 5. The summed E-state index contributed by atoms with van der Waals surface area (Å²) in [5.41, 5.74) is -1.35. The Hall–Kier alpha value is -2.94. The molecular formula is C17H13FN2O5S. The number of thioether (sulfide) groups is 1. The summed E-state index contributed by atoms with van der Waals surface area (Å²) >= 11 is 1.25. The van der Waals surface area contributed by atoms with Crippen LogP contribution < -0.4 is 4.90 Å². The molecule has 2 amide bonds. The number of cyclic esters (lactones) is 1. The summed E-state index contributed by atoms with van der Waals surface area (Å²) in [4.78, 5) is 36.6. The second kappa shape index (κ2) is 6.75. The standard InChI is InChI=1S/C17H13FN2O5S/c1-17(10-26-14-8-2-11(18)3-9-14)15(21)19(16(22)25-17)12-4-6-13(7-5-12)20(23)24/h2-9H,10H2,1H3. The molecule has 1 aliphatic rings. The van der Waals surface area contributed by atoms with Crippen molar-refractivity contribution in [2.75, 3.05) is 10.7 Å². The third kappa shape index (κ3) is 3.38. The summed E-state index contributed by atoms with van der Waals surface area (Å²) in [6.07, 6.45) is -0.842. The number of carbonyl (C=O) groups excluding carboxylic acids is 2. The lowest BCUT2D eigenvalue weighted by Gasteiger charge is -2.19. The van der Waals surface area contributed by atoms with Gasteiger partial charge in [-0.1, -0.05) is 0 Å². The van der Waals surface area contributed by atoms with Gasteiger partial charge in [0.2, 0.25) is 0 Å². The van der Waals surface area contributed by atoms with Gasteiger partial charge in [-0.3, -0.25) is 14.9 Å². The maximum atomic E-state index is 13.0. The number of anilines is 1. The zero-order chi connectivity index (χ0) is 18.9. The van der Waals surface area contributed by atoms with Crippen LogP contribution in [0.1, 0.15) is 6.92 Å². The fraction of sp³-hybridized carbons (Fsp3) is 0.176. The van der Waals surface area contributed by atoms with E-state index in [9.17, 15) is 24.1 Å². The number of nitro groups is 1. The first-order chi connectivity index (χ1) is 12.3. The van der Waals surface area contributed by atoms with Crippen molar-refractivity contribution in [2.45, 2.75) is 17.4 Å². The molecule has 1 saturated heterocycles. The van der Waals surface area contributed by atoms with E-state index in [1.165, 1.54) is 55.1 Å². The largest absolute Gasteiger partial charge is 0.431 e. The van der Waals surface area contributed by atoms with E-state index in [-0.39, 0.29) is 22.9 Å². The number of halogens is 1. The van der Waals surface area contributed by atoms with E-state index in [1.54, 1.807) is 12.1 Å². The van der Waals surface area contributed by atoms with Gasteiger partial charge in [0.1, 0.15) is 5.82 Å². The molecule has 0 aromatic heterocycles. The molecule has 2 aromatic rings. The SMILES string of the molecule is CC1(CSc2ccc(F)cc2)OC(=O)N(c2ccc([N+](=O)[O-])cc2)C1=O. The second-order valence-electron chi connectivity index (χ2n) is 5.76. The Morgan fingerprint density at radius 3 is 2.35 bits per heavy atom. The normalized spacial score (nSPS) is 19.5. The van der Waals surface area contributed by atoms with Gasteiger partial charge in [0, 0.05) is 22.8 Å². The molecule has 134 valence electrons. The highest BCUT2D eigenvalue weighted by atomic mass is 32.2. The zero-order valence-corrected chi connectivity index (χ0v) is 14.4. The molecule has 1 heterocycles. The molecule has 0 aliphatic carbocycles. The Morgan fingerprint density at radius 1 is 1.15 bits per heavy atom. The number of imide groups is 1. The van der Waals surface area contributed by atoms with Gasteiger partial charge in [-0.15, -0.1) is 11.8 Å². The third-order valence-corrected chi connectivity index (χ3v) is 5.10. The van der Waals surface area contributed by atoms with E-state index in [4.69, 9.17) is 4.74 Å². The molecule has 7 nitrogen and oxygen atoms in total. The molecule has 1 unspecified atom stereocenters. The van der Waals surface area contributed by atoms with Crippen LogP contribution in [0.3, 0.4) is 0 Å². The number of hydrogen-bond acceptors (Lipinski definition) is 6. The summed E-state index contributed by atoms with van der Waals surface area (Å²) in [7, 11) is 0. The molecule has 0 spiro atoms. The van der Waals surface area contributed by atoms with Gasteiger partial charge in [-0.25, -0.2) is 14.1 Å². The number of ether oxygens (including phenoxy) is 1. The highest BCUT2D eigenvalue weighted by Crippen LogP contribution is 2.34. The zero-order valence-electron chi connectivity index (χ0n) is 13.5. The predicted molar refractivity (Wildman–Crippen MR) is 92.6 cm³/mol. The molecule has 0 bridgehead atoms. The van der Waals surface area contributed by atoms with Crippen molar-refractivity contribution in [1.82, 2.24) is 0 Å².